The normalized spacial score (nSPS) is 14.8. The smallest absolute Gasteiger partial charge is 0.122 e. The Morgan fingerprint density at radius 1 is 1.25 bits per heavy atom. The second-order valence-corrected chi connectivity index (χ2v) is 6.43. The van der Waals surface area contributed by atoms with Crippen LogP contribution < -0.4 is 10.1 Å². The van der Waals surface area contributed by atoms with Crippen LogP contribution >= 0.6 is 0 Å². The summed E-state index contributed by atoms with van der Waals surface area (Å²) in [5.41, 5.74) is 2.86. The van der Waals surface area contributed by atoms with Gasteiger partial charge in [-0.2, -0.15) is 0 Å². The summed E-state index contributed by atoms with van der Waals surface area (Å²) in [6.45, 7) is 9.82. The van der Waals surface area contributed by atoms with Gasteiger partial charge in [-0.15, -0.1) is 0 Å². The van der Waals surface area contributed by atoms with Gasteiger partial charge in [-0.05, 0) is 57.2 Å². The number of hydrogen-bond donors (Lipinski definition) is 1. The summed E-state index contributed by atoms with van der Waals surface area (Å²) in [4.78, 5) is 0. The zero-order valence-electron chi connectivity index (χ0n) is 13.0. The van der Waals surface area contributed by atoms with Gasteiger partial charge in [0.05, 0.1) is 19.8 Å². The molecule has 0 amide bonds. The Morgan fingerprint density at radius 2 is 2.10 bits per heavy atom. The lowest BCUT2D eigenvalue weighted by Gasteiger charge is -2.20. The third-order valence-electron chi connectivity index (χ3n) is 3.41. The average molecular weight is 277 g/mol. The number of ether oxygens (including phenoxy) is 2. The molecule has 1 aliphatic rings. The van der Waals surface area contributed by atoms with Gasteiger partial charge in [0.25, 0.3) is 0 Å². The van der Waals surface area contributed by atoms with E-state index in [2.05, 4.69) is 44.3 Å². The number of rotatable bonds is 6. The van der Waals surface area contributed by atoms with Crippen LogP contribution in [0, 0.1) is 0 Å². The van der Waals surface area contributed by atoms with Crippen molar-refractivity contribution in [2.75, 3.05) is 26.4 Å². The third kappa shape index (κ3) is 5.14. The number of fused-ring (bicyclic) bond motifs is 1. The van der Waals surface area contributed by atoms with Crippen molar-refractivity contribution in [1.82, 2.24) is 5.32 Å². The fourth-order valence-corrected chi connectivity index (χ4v) is 2.36. The largest absolute Gasteiger partial charge is 0.493 e. The molecule has 0 spiro atoms. The van der Waals surface area contributed by atoms with Crippen LogP contribution in [-0.4, -0.2) is 31.9 Å². The number of nitrogens with one attached hydrogen (secondary N) is 1. The highest BCUT2D eigenvalue weighted by molar-refractivity contribution is 5.38. The summed E-state index contributed by atoms with van der Waals surface area (Å²) >= 11 is 0. The van der Waals surface area contributed by atoms with Crippen molar-refractivity contribution in [1.29, 1.82) is 0 Å². The van der Waals surface area contributed by atoms with E-state index in [1.807, 2.05) is 0 Å². The van der Waals surface area contributed by atoms with Crippen molar-refractivity contribution < 1.29 is 9.47 Å². The molecule has 0 aliphatic carbocycles. The van der Waals surface area contributed by atoms with E-state index in [9.17, 15) is 0 Å². The molecule has 0 saturated carbocycles. The molecule has 0 atom stereocenters. The van der Waals surface area contributed by atoms with Gasteiger partial charge in [0.1, 0.15) is 5.75 Å². The van der Waals surface area contributed by atoms with E-state index in [1.165, 1.54) is 11.1 Å². The topological polar surface area (TPSA) is 30.5 Å². The van der Waals surface area contributed by atoms with Crippen LogP contribution in [0.1, 0.15) is 38.3 Å². The number of benzene rings is 1. The molecule has 1 aromatic rings. The minimum Gasteiger partial charge on any atom is -0.493 e. The highest BCUT2D eigenvalue weighted by Crippen LogP contribution is 2.25. The Kier molecular flexibility index (Phi) is 5.44. The molecule has 1 aliphatic heterocycles. The van der Waals surface area contributed by atoms with E-state index in [0.717, 1.165) is 51.4 Å². The quantitative estimate of drug-likeness (QED) is 0.811. The molecule has 1 aromatic carbocycles. The van der Waals surface area contributed by atoms with Gasteiger partial charge >= 0.3 is 0 Å². The molecule has 0 aromatic heterocycles. The monoisotopic (exact) mass is 277 g/mol. The molecule has 0 fully saturated rings. The van der Waals surface area contributed by atoms with Crippen LogP contribution in [0.15, 0.2) is 18.2 Å². The summed E-state index contributed by atoms with van der Waals surface area (Å²) in [6, 6.07) is 6.52. The molecule has 1 N–H and O–H groups in total. The van der Waals surface area contributed by atoms with E-state index in [-0.39, 0.29) is 5.54 Å². The Hall–Kier alpha value is -1.06. The molecular formula is C17H27NO2. The van der Waals surface area contributed by atoms with Crippen molar-refractivity contribution in [3.05, 3.63) is 29.3 Å². The molecule has 0 unspecified atom stereocenters. The van der Waals surface area contributed by atoms with E-state index in [1.54, 1.807) is 0 Å². The number of hydrogen-bond acceptors (Lipinski definition) is 3. The van der Waals surface area contributed by atoms with Gasteiger partial charge in [0, 0.05) is 12.1 Å². The maximum Gasteiger partial charge on any atom is 0.122 e. The fraction of sp³-hybridized carbons (Fsp3) is 0.647. The first-order chi connectivity index (χ1) is 9.54. The summed E-state index contributed by atoms with van der Waals surface area (Å²) in [6.07, 6.45) is 3.24. The highest BCUT2D eigenvalue weighted by atomic mass is 16.5. The first-order valence-electron chi connectivity index (χ1n) is 7.62. The first-order valence-corrected chi connectivity index (χ1v) is 7.62. The molecule has 0 saturated heterocycles. The molecule has 20 heavy (non-hydrogen) atoms. The van der Waals surface area contributed by atoms with Gasteiger partial charge in [0.2, 0.25) is 0 Å². The Morgan fingerprint density at radius 3 is 2.90 bits per heavy atom. The minimum atomic E-state index is 0.169. The zero-order chi connectivity index (χ0) is 14.4. The van der Waals surface area contributed by atoms with Gasteiger partial charge in [-0.1, -0.05) is 12.1 Å². The average Bonchev–Trinajstić information content (AvgIpc) is 2.41. The molecule has 0 bridgehead atoms. The summed E-state index contributed by atoms with van der Waals surface area (Å²) < 4.78 is 11.3. The van der Waals surface area contributed by atoms with Crippen LogP contribution in [-0.2, 0) is 17.6 Å². The third-order valence-corrected chi connectivity index (χ3v) is 3.41. The Labute approximate surface area is 122 Å². The lowest BCUT2D eigenvalue weighted by molar-refractivity contribution is 0.133. The summed E-state index contributed by atoms with van der Waals surface area (Å²) in [5.74, 6) is 1.07. The first kappa shape index (κ1) is 15.3. The van der Waals surface area contributed by atoms with Crippen LogP contribution in [0.2, 0.25) is 0 Å². The molecule has 1 heterocycles. The van der Waals surface area contributed by atoms with E-state index >= 15 is 0 Å². The van der Waals surface area contributed by atoms with E-state index in [0.29, 0.717) is 0 Å². The van der Waals surface area contributed by atoms with E-state index in [4.69, 9.17) is 9.47 Å². The van der Waals surface area contributed by atoms with Crippen LogP contribution in [0.4, 0.5) is 0 Å². The van der Waals surface area contributed by atoms with Crippen LogP contribution in [0.5, 0.6) is 5.75 Å². The Balaban J connectivity index is 1.67. The maximum atomic E-state index is 5.68. The van der Waals surface area contributed by atoms with Crippen molar-refractivity contribution in [3.8, 4) is 5.75 Å². The second kappa shape index (κ2) is 7.09. The van der Waals surface area contributed by atoms with Gasteiger partial charge < -0.3 is 14.8 Å². The summed E-state index contributed by atoms with van der Waals surface area (Å²) in [5, 5.41) is 3.42. The Bertz CT molecular complexity index is 423. The molecule has 3 heteroatoms. The lowest BCUT2D eigenvalue weighted by atomic mass is 10.0. The zero-order valence-corrected chi connectivity index (χ0v) is 13.0. The SMILES string of the molecule is CC(C)(C)NCCOCCc1ccc2c(c1)CCCO2. The summed E-state index contributed by atoms with van der Waals surface area (Å²) in [7, 11) is 0. The molecule has 3 nitrogen and oxygen atoms in total. The molecule has 2 rings (SSSR count). The van der Waals surface area contributed by atoms with Crippen molar-refractivity contribution in [2.24, 2.45) is 0 Å². The van der Waals surface area contributed by atoms with Crippen LogP contribution in [0.25, 0.3) is 0 Å². The predicted molar refractivity (Wildman–Crippen MR) is 82.5 cm³/mol. The van der Waals surface area contributed by atoms with Crippen molar-refractivity contribution in [2.45, 2.75) is 45.6 Å². The minimum absolute atomic E-state index is 0.169. The second-order valence-electron chi connectivity index (χ2n) is 6.43. The lowest BCUT2D eigenvalue weighted by Crippen LogP contribution is -2.38. The number of aryl methyl sites for hydroxylation is 1. The standard InChI is InChI=1S/C17H27NO2/c1-17(2,3)18-9-12-19-11-8-14-6-7-16-15(13-14)5-4-10-20-16/h6-7,13,18H,4-5,8-12H2,1-3H3. The van der Waals surface area contributed by atoms with E-state index < -0.39 is 0 Å². The predicted octanol–water partition coefficient (Wildman–Crippen LogP) is 2.96. The van der Waals surface area contributed by atoms with Gasteiger partial charge in [-0.3, -0.25) is 0 Å². The molecule has 0 radical (unpaired) electrons. The van der Waals surface area contributed by atoms with Crippen LogP contribution in [0.3, 0.4) is 0 Å². The fourth-order valence-electron chi connectivity index (χ4n) is 2.36. The maximum absolute atomic E-state index is 5.68. The molecule has 112 valence electrons. The van der Waals surface area contributed by atoms with Crippen molar-refractivity contribution >= 4 is 0 Å². The molecular weight excluding hydrogens is 250 g/mol. The highest BCUT2D eigenvalue weighted by Gasteiger charge is 2.10. The van der Waals surface area contributed by atoms with Crippen molar-refractivity contribution in [3.63, 3.8) is 0 Å². The van der Waals surface area contributed by atoms with Gasteiger partial charge in [-0.25, -0.2) is 0 Å². The van der Waals surface area contributed by atoms with Gasteiger partial charge in [0.15, 0.2) is 0 Å².